The van der Waals surface area contributed by atoms with E-state index in [-0.39, 0.29) is 11.8 Å². The van der Waals surface area contributed by atoms with Crippen LogP contribution in [-0.4, -0.2) is 5.91 Å². The summed E-state index contributed by atoms with van der Waals surface area (Å²) in [6.45, 7) is 1.90. The van der Waals surface area contributed by atoms with Crippen LogP contribution in [0.1, 0.15) is 38.2 Å². The van der Waals surface area contributed by atoms with Crippen molar-refractivity contribution in [1.29, 1.82) is 0 Å². The van der Waals surface area contributed by atoms with E-state index < -0.39 is 0 Å². The number of carbonyl (C=O) groups excluding carboxylic acids is 1. The highest BCUT2D eigenvalue weighted by atomic mass is 16.1. The third-order valence-corrected chi connectivity index (χ3v) is 2.93. The maximum absolute atomic E-state index is 10.8. The molecule has 1 aromatic rings. The SMILES string of the molecule is CC(CCCCCc1ccccc1)C(N)=O. The zero-order valence-electron chi connectivity index (χ0n) is 9.99. The minimum absolute atomic E-state index is 0.0247. The second-order valence-electron chi connectivity index (χ2n) is 4.39. The van der Waals surface area contributed by atoms with Gasteiger partial charge in [0, 0.05) is 5.92 Å². The molecule has 0 saturated heterocycles. The van der Waals surface area contributed by atoms with Crippen molar-refractivity contribution >= 4 is 5.91 Å². The monoisotopic (exact) mass is 219 g/mol. The number of hydrogen-bond acceptors (Lipinski definition) is 1. The first-order valence-electron chi connectivity index (χ1n) is 6.03. The van der Waals surface area contributed by atoms with E-state index in [2.05, 4.69) is 24.3 Å². The molecule has 0 aliphatic heterocycles. The fourth-order valence-corrected chi connectivity index (χ4v) is 1.74. The molecule has 1 rings (SSSR count). The normalized spacial score (nSPS) is 12.3. The fraction of sp³-hybridized carbons (Fsp3) is 0.500. The highest BCUT2D eigenvalue weighted by Gasteiger charge is 2.07. The molecule has 0 aliphatic rings. The van der Waals surface area contributed by atoms with Crippen LogP contribution in [0.5, 0.6) is 0 Å². The summed E-state index contributed by atoms with van der Waals surface area (Å²) in [5.41, 5.74) is 6.60. The fourth-order valence-electron chi connectivity index (χ4n) is 1.74. The Morgan fingerprint density at radius 2 is 1.88 bits per heavy atom. The number of aryl methyl sites for hydroxylation is 1. The number of primary amides is 1. The zero-order chi connectivity index (χ0) is 11.8. The van der Waals surface area contributed by atoms with Crippen LogP contribution in [0.25, 0.3) is 0 Å². The molecule has 1 atom stereocenters. The van der Waals surface area contributed by atoms with Gasteiger partial charge < -0.3 is 5.73 Å². The lowest BCUT2D eigenvalue weighted by molar-refractivity contribution is -0.121. The minimum atomic E-state index is -0.178. The van der Waals surface area contributed by atoms with Crippen LogP contribution < -0.4 is 5.73 Å². The van der Waals surface area contributed by atoms with Crippen molar-refractivity contribution in [3.8, 4) is 0 Å². The Labute approximate surface area is 97.9 Å². The molecule has 2 N–H and O–H groups in total. The van der Waals surface area contributed by atoms with Gasteiger partial charge in [-0.25, -0.2) is 0 Å². The molecule has 1 aromatic carbocycles. The molecule has 0 saturated carbocycles. The van der Waals surface area contributed by atoms with E-state index in [0.717, 1.165) is 19.3 Å². The van der Waals surface area contributed by atoms with Gasteiger partial charge in [0.1, 0.15) is 0 Å². The molecule has 1 amide bonds. The van der Waals surface area contributed by atoms with Crippen LogP contribution in [0.15, 0.2) is 30.3 Å². The molecular weight excluding hydrogens is 198 g/mol. The second-order valence-corrected chi connectivity index (χ2v) is 4.39. The van der Waals surface area contributed by atoms with Gasteiger partial charge >= 0.3 is 0 Å². The first-order valence-corrected chi connectivity index (χ1v) is 6.03. The molecule has 0 radical (unpaired) electrons. The summed E-state index contributed by atoms with van der Waals surface area (Å²) in [6.07, 6.45) is 5.51. The highest BCUT2D eigenvalue weighted by molar-refractivity contribution is 5.76. The standard InChI is InChI=1S/C14H21NO/c1-12(14(15)16)8-4-2-5-9-13-10-6-3-7-11-13/h3,6-7,10-12H,2,4-5,8-9H2,1H3,(H2,15,16). The molecule has 0 spiro atoms. The van der Waals surface area contributed by atoms with Crippen LogP contribution in [0.2, 0.25) is 0 Å². The lowest BCUT2D eigenvalue weighted by Gasteiger charge is -2.06. The summed E-state index contributed by atoms with van der Waals surface area (Å²) in [4.78, 5) is 10.8. The highest BCUT2D eigenvalue weighted by Crippen LogP contribution is 2.11. The van der Waals surface area contributed by atoms with Gasteiger partial charge in [-0.2, -0.15) is 0 Å². The van der Waals surface area contributed by atoms with Gasteiger partial charge in [-0.15, -0.1) is 0 Å². The lowest BCUT2D eigenvalue weighted by Crippen LogP contribution is -2.20. The first kappa shape index (κ1) is 12.8. The van der Waals surface area contributed by atoms with Crippen molar-refractivity contribution in [2.75, 3.05) is 0 Å². The van der Waals surface area contributed by atoms with Crippen molar-refractivity contribution < 1.29 is 4.79 Å². The number of hydrogen-bond donors (Lipinski definition) is 1. The Morgan fingerprint density at radius 1 is 1.19 bits per heavy atom. The Bertz CT molecular complexity index is 308. The Morgan fingerprint density at radius 3 is 2.50 bits per heavy atom. The third-order valence-electron chi connectivity index (χ3n) is 2.93. The summed E-state index contributed by atoms with van der Waals surface area (Å²) in [5.74, 6) is -0.153. The summed E-state index contributed by atoms with van der Waals surface area (Å²) in [5, 5.41) is 0. The molecule has 0 heterocycles. The quantitative estimate of drug-likeness (QED) is 0.704. The number of nitrogens with two attached hydrogens (primary N) is 1. The molecule has 0 aromatic heterocycles. The number of amides is 1. The summed E-state index contributed by atoms with van der Waals surface area (Å²) in [6, 6.07) is 10.5. The Hall–Kier alpha value is -1.31. The summed E-state index contributed by atoms with van der Waals surface area (Å²) in [7, 11) is 0. The van der Waals surface area contributed by atoms with E-state index >= 15 is 0 Å². The molecule has 2 heteroatoms. The summed E-state index contributed by atoms with van der Waals surface area (Å²) >= 11 is 0. The van der Waals surface area contributed by atoms with Gasteiger partial charge in [-0.05, 0) is 24.8 Å². The van der Waals surface area contributed by atoms with Crippen LogP contribution in [0.3, 0.4) is 0 Å². The van der Waals surface area contributed by atoms with Gasteiger partial charge in [0.05, 0.1) is 0 Å². The minimum Gasteiger partial charge on any atom is -0.369 e. The average molecular weight is 219 g/mol. The van der Waals surface area contributed by atoms with Gasteiger partial charge in [-0.3, -0.25) is 4.79 Å². The van der Waals surface area contributed by atoms with Gasteiger partial charge in [0.2, 0.25) is 5.91 Å². The Kier molecular flexibility index (Phi) is 5.62. The zero-order valence-corrected chi connectivity index (χ0v) is 9.99. The number of carbonyl (C=O) groups is 1. The van der Waals surface area contributed by atoms with E-state index in [9.17, 15) is 4.79 Å². The van der Waals surface area contributed by atoms with E-state index in [4.69, 9.17) is 5.73 Å². The number of unbranched alkanes of at least 4 members (excludes halogenated alkanes) is 2. The third kappa shape index (κ3) is 4.96. The van der Waals surface area contributed by atoms with Crippen LogP contribution in [0, 0.1) is 5.92 Å². The number of rotatable bonds is 7. The van der Waals surface area contributed by atoms with Gasteiger partial charge in [0.25, 0.3) is 0 Å². The van der Waals surface area contributed by atoms with Crippen molar-refractivity contribution in [3.63, 3.8) is 0 Å². The van der Waals surface area contributed by atoms with E-state index in [1.54, 1.807) is 0 Å². The van der Waals surface area contributed by atoms with Crippen LogP contribution in [-0.2, 0) is 11.2 Å². The van der Waals surface area contributed by atoms with Crippen molar-refractivity contribution in [1.82, 2.24) is 0 Å². The van der Waals surface area contributed by atoms with E-state index in [1.807, 2.05) is 13.0 Å². The lowest BCUT2D eigenvalue weighted by atomic mass is 10.0. The second kappa shape index (κ2) is 7.04. The molecule has 0 bridgehead atoms. The predicted molar refractivity (Wildman–Crippen MR) is 67.0 cm³/mol. The molecule has 2 nitrogen and oxygen atoms in total. The van der Waals surface area contributed by atoms with E-state index in [1.165, 1.54) is 18.4 Å². The van der Waals surface area contributed by atoms with Crippen LogP contribution >= 0.6 is 0 Å². The average Bonchev–Trinajstić information content (AvgIpc) is 2.29. The molecule has 16 heavy (non-hydrogen) atoms. The van der Waals surface area contributed by atoms with Gasteiger partial charge in [-0.1, -0.05) is 50.1 Å². The molecular formula is C14H21NO. The molecule has 1 unspecified atom stereocenters. The molecule has 0 aliphatic carbocycles. The first-order chi connectivity index (χ1) is 7.70. The topological polar surface area (TPSA) is 43.1 Å². The van der Waals surface area contributed by atoms with Crippen molar-refractivity contribution in [3.05, 3.63) is 35.9 Å². The van der Waals surface area contributed by atoms with Crippen molar-refractivity contribution in [2.45, 2.75) is 39.0 Å². The van der Waals surface area contributed by atoms with Gasteiger partial charge in [0.15, 0.2) is 0 Å². The number of benzene rings is 1. The maximum atomic E-state index is 10.8. The predicted octanol–water partition coefficient (Wildman–Crippen LogP) is 2.91. The maximum Gasteiger partial charge on any atom is 0.220 e. The molecule has 0 fully saturated rings. The van der Waals surface area contributed by atoms with E-state index in [0.29, 0.717) is 0 Å². The Balaban J connectivity index is 2.07. The largest absolute Gasteiger partial charge is 0.369 e. The smallest absolute Gasteiger partial charge is 0.220 e. The van der Waals surface area contributed by atoms with Crippen LogP contribution in [0.4, 0.5) is 0 Å². The summed E-state index contributed by atoms with van der Waals surface area (Å²) < 4.78 is 0. The molecule has 88 valence electrons. The van der Waals surface area contributed by atoms with Crippen molar-refractivity contribution in [2.24, 2.45) is 11.7 Å².